The van der Waals surface area contributed by atoms with E-state index >= 15 is 0 Å². The SMILES string of the molecule is O/N=C(\c1ccccc1)c1ccc[cH-]1.[Fe+2].c1cc[cH-]c1. The van der Waals surface area contributed by atoms with Gasteiger partial charge < -0.3 is 5.21 Å². The molecule has 2 nitrogen and oxygen atoms in total. The van der Waals surface area contributed by atoms with Gasteiger partial charge >= 0.3 is 17.1 Å². The first-order valence-electron chi connectivity index (χ1n) is 6.08. The number of nitrogens with zero attached hydrogens (tertiary/aromatic N) is 1. The normalized spacial score (nSPS) is 10.1. The predicted octanol–water partition coefficient (Wildman–Crippen LogP) is 4.04. The minimum Gasteiger partial charge on any atom is -0.419 e. The zero-order valence-corrected chi connectivity index (χ0v) is 11.9. The molecule has 0 aromatic heterocycles. The van der Waals surface area contributed by atoms with Crippen LogP contribution in [0.3, 0.4) is 0 Å². The van der Waals surface area contributed by atoms with Crippen molar-refractivity contribution < 1.29 is 22.3 Å². The largest absolute Gasteiger partial charge is 2.00 e. The van der Waals surface area contributed by atoms with Gasteiger partial charge in [-0.2, -0.15) is 36.4 Å². The van der Waals surface area contributed by atoms with Gasteiger partial charge in [0.05, 0.1) is 0 Å². The van der Waals surface area contributed by atoms with Crippen LogP contribution in [0.4, 0.5) is 0 Å². The fraction of sp³-hybridized carbons (Fsp3) is 0. The van der Waals surface area contributed by atoms with E-state index in [1.807, 2.05) is 84.9 Å². The molecular weight excluding hydrogens is 290 g/mol. The second kappa shape index (κ2) is 8.92. The van der Waals surface area contributed by atoms with Gasteiger partial charge in [-0.25, -0.2) is 12.1 Å². The average Bonchev–Trinajstić information content (AvgIpc) is 3.17. The minimum absolute atomic E-state index is 0. The summed E-state index contributed by atoms with van der Waals surface area (Å²) in [7, 11) is 0. The molecule has 3 heteroatoms. The standard InChI is InChI=1S/C12H10NO.C5H5.Fe/c14-13-12(11-8-4-5-9-11)10-6-2-1-3-7-10;1-2-4-5-3-1;/h1-9,14H;1-5H;/q2*-1;+2/b13-12+;;. The van der Waals surface area contributed by atoms with E-state index < -0.39 is 0 Å². The molecule has 1 N–H and O–H groups in total. The summed E-state index contributed by atoms with van der Waals surface area (Å²) in [4.78, 5) is 0. The van der Waals surface area contributed by atoms with Gasteiger partial charge in [0.15, 0.2) is 0 Å². The maximum atomic E-state index is 8.94. The van der Waals surface area contributed by atoms with Crippen molar-refractivity contribution in [2.75, 3.05) is 0 Å². The quantitative estimate of drug-likeness (QED) is 0.250. The van der Waals surface area contributed by atoms with Crippen LogP contribution >= 0.6 is 0 Å². The molecule has 102 valence electrons. The molecule has 0 saturated heterocycles. The van der Waals surface area contributed by atoms with Crippen molar-refractivity contribution in [2.24, 2.45) is 5.16 Å². The number of hydrogen-bond acceptors (Lipinski definition) is 2. The Morgan fingerprint density at radius 2 is 1.55 bits per heavy atom. The summed E-state index contributed by atoms with van der Waals surface area (Å²) in [6, 6.07) is 27.3. The van der Waals surface area contributed by atoms with E-state index in [1.54, 1.807) is 0 Å². The zero-order chi connectivity index (χ0) is 13.3. The van der Waals surface area contributed by atoms with Crippen molar-refractivity contribution in [3.8, 4) is 0 Å². The molecule has 0 aliphatic carbocycles. The van der Waals surface area contributed by atoms with Crippen molar-refractivity contribution in [1.82, 2.24) is 0 Å². The van der Waals surface area contributed by atoms with E-state index in [1.165, 1.54) is 0 Å². The number of hydrogen-bond donors (Lipinski definition) is 1. The molecule has 3 aromatic rings. The van der Waals surface area contributed by atoms with Gasteiger partial charge in [-0.15, -0.1) is 16.8 Å². The van der Waals surface area contributed by atoms with Crippen LogP contribution in [0.25, 0.3) is 0 Å². The topological polar surface area (TPSA) is 32.6 Å². The maximum Gasteiger partial charge on any atom is 2.00 e. The van der Waals surface area contributed by atoms with Crippen molar-refractivity contribution in [3.63, 3.8) is 0 Å². The molecule has 3 aromatic carbocycles. The Hall–Kier alpha value is -2.09. The summed E-state index contributed by atoms with van der Waals surface area (Å²) in [6.07, 6.45) is 0. The van der Waals surface area contributed by atoms with Crippen LogP contribution in [0, 0.1) is 0 Å². The molecule has 0 unspecified atom stereocenters. The fourth-order valence-electron chi connectivity index (χ4n) is 1.73. The van der Waals surface area contributed by atoms with Crippen molar-refractivity contribution in [2.45, 2.75) is 0 Å². The van der Waals surface area contributed by atoms with Crippen molar-refractivity contribution in [3.05, 3.63) is 96.1 Å². The Balaban J connectivity index is 0.000000283. The van der Waals surface area contributed by atoms with Gasteiger partial charge in [0.25, 0.3) is 0 Å². The molecule has 0 bridgehead atoms. The molecule has 0 radical (unpaired) electrons. The molecular formula is C17H15FeNO. The van der Waals surface area contributed by atoms with Crippen LogP contribution < -0.4 is 0 Å². The van der Waals surface area contributed by atoms with E-state index in [2.05, 4.69) is 5.16 Å². The Bertz CT molecular complexity index is 566. The first-order chi connectivity index (χ1) is 9.42. The number of benzene rings is 1. The molecule has 0 atom stereocenters. The van der Waals surface area contributed by atoms with Gasteiger partial charge in [0.1, 0.15) is 0 Å². The molecule has 0 aliphatic rings. The third-order valence-electron chi connectivity index (χ3n) is 2.64. The third kappa shape index (κ3) is 4.54. The van der Waals surface area contributed by atoms with E-state index in [0.29, 0.717) is 5.71 Å². The first kappa shape index (κ1) is 16.0. The maximum absolute atomic E-state index is 8.94. The Morgan fingerprint density at radius 1 is 0.850 bits per heavy atom. The molecule has 0 fully saturated rings. The molecule has 3 rings (SSSR count). The Labute approximate surface area is 129 Å². The summed E-state index contributed by atoms with van der Waals surface area (Å²) in [5.41, 5.74) is 2.45. The van der Waals surface area contributed by atoms with Gasteiger partial charge in [-0.1, -0.05) is 30.3 Å². The van der Waals surface area contributed by atoms with Crippen LogP contribution in [-0.2, 0) is 17.1 Å². The molecule has 0 heterocycles. The summed E-state index contributed by atoms with van der Waals surface area (Å²) in [5.74, 6) is 0. The Morgan fingerprint density at radius 3 is 2.00 bits per heavy atom. The van der Waals surface area contributed by atoms with Gasteiger partial charge in [0.2, 0.25) is 0 Å². The summed E-state index contributed by atoms with van der Waals surface area (Å²) < 4.78 is 0. The third-order valence-corrected chi connectivity index (χ3v) is 2.64. The smallest absolute Gasteiger partial charge is 0.419 e. The van der Waals surface area contributed by atoms with Crippen LogP contribution in [0.1, 0.15) is 11.1 Å². The second-order valence-electron chi connectivity index (χ2n) is 3.95. The van der Waals surface area contributed by atoms with Crippen LogP contribution in [0.15, 0.2) is 90.1 Å². The molecule has 0 spiro atoms. The number of rotatable bonds is 2. The van der Waals surface area contributed by atoms with Crippen LogP contribution in [0.5, 0.6) is 0 Å². The Kier molecular flexibility index (Phi) is 7.12. The monoisotopic (exact) mass is 305 g/mol. The van der Waals surface area contributed by atoms with E-state index in [4.69, 9.17) is 5.21 Å². The molecule has 0 saturated carbocycles. The minimum atomic E-state index is 0. The average molecular weight is 305 g/mol. The van der Waals surface area contributed by atoms with Gasteiger partial charge in [0, 0.05) is 5.71 Å². The van der Waals surface area contributed by atoms with Crippen molar-refractivity contribution >= 4 is 5.71 Å². The van der Waals surface area contributed by atoms with E-state index in [-0.39, 0.29) is 17.1 Å². The van der Waals surface area contributed by atoms with Gasteiger partial charge in [-0.3, -0.25) is 0 Å². The molecule has 0 amide bonds. The van der Waals surface area contributed by atoms with Crippen molar-refractivity contribution in [1.29, 1.82) is 0 Å². The zero-order valence-electron chi connectivity index (χ0n) is 10.8. The first-order valence-corrected chi connectivity index (χ1v) is 6.08. The van der Waals surface area contributed by atoms with Gasteiger partial charge in [-0.05, 0) is 5.56 Å². The molecule has 0 aliphatic heterocycles. The van der Waals surface area contributed by atoms with E-state index in [9.17, 15) is 0 Å². The van der Waals surface area contributed by atoms with E-state index in [0.717, 1.165) is 11.1 Å². The predicted molar refractivity (Wildman–Crippen MR) is 77.9 cm³/mol. The summed E-state index contributed by atoms with van der Waals surface area (Å²) in [5, 5.41) is 12.3. The summed E-state index contributed by atoms with van der Waals surface area (Å²) in [6.45, 7) is 0. The molecule has 20 heavy (non-hydrogen) atoms. The summed E-state index contributed by atoms with van der Waals surface area (Å²) >= 11 is 0. The fourth-order valence-corrected chi connectivity index (χ4v) is 1.73. The van der Waals surface area contributed by atoms with Crippen LogP contribution in [-0.4, -0.2) is 10.9 Å². The van der Waals surface area contributed by atoms with Crippen LogP contribution in [0.2, 0.25) is 0 Å². The second-order valence-corrected chi connectivity index (χ2v) is 3.95. The number of oxime groups is 1.